The first-order valence-electron chi connectivity index (χ1n) is 5.93. The maximum atomic E-state index is 12.1. The summed E-state index contributed by atoms with van der Waals surface area (Å²) in [6.45, 7) is 0. The zero-order valence-corrected chi connectivity index (χ0v) is 12.2. The topological polar surface area (TPSA) is 68.0 Å². The quantitative estimate of drug-likeness (QED) is 0.875. The van der Waals surface area contributed by atoms with Gasteiger partial charge >= 0.3 is 0 Å². The molecule has 0 unspecified atom stereocenters. The van der Waals surface area contributed by atoms with Crippen molar-refractivity contribution < 1.29 is 4.79 Å². The molecule has 3 N–H and O–H groups in total. The summed E-state index contributed by atoms with van der Waals surface area (Å²) in [6.07, 6.45) is 5.17. The summed E-state index contributed by atoms with van der Waals surface area (Å²) in [4.78, 5) is 16.1. The van der Waals surface area contributed by atoms with Crippen molar-refractivity contribution in [3.8, 4) is 0 Å². The zero-order valence-electron chi connectivity index (χ0n) is 9.83. The van der Waals surface area contributed by atoms with Crippen LogP contribution in [0.5, 0.6) is 0 Å². The number of carbonyl (C=O) groups excluding carboxylic acids is 1. The molecule has 1 fully saturated rings. The van der Waals surface area contributed by atoms with Gasteiger partial charge in [0.25, 0.3) is 0 Å². The summed E-state index contributed by atoms with van der Waals surface area (Å²) in [5.41, 5.74) is 5.88. The summed E-state index contributed by atoms with van der Waals surface area (Å²) in [5, 5.41) is 3.33. The van der Waals surface area contributed by atoms with Crippen LogP contribution in [-0.2, 0) is 4.79 Å². The molecule has 1 aliphatic carbocycles. The Hall–Kier alpha value is -0.650. The highest BCUT2D eigenvalue weighted by Gasteiger charge is 2.25. The Morgan fingerprint density at radius 1 is 1.56 bits per heavy atom. The van der Waals surface area contributed by atoms with Crippen LogP contribution in [0.2, 0.25) is 5.02 Å². The van der Waals surface area contributed by atoms with Crippen LogP contribution < -0.4 is 11.1 Å². The van der Waals surface area contributed by atoms with Crippen LogP contribution in [0.1, 0.15) is 25.7 Å². The van der Waals surface area contributed by atoms with Crippen molar-refractivity contribution >= 4 is 39.3 Å². The lowest BCUT2D eigenvalue weighted by Gasteiger charge is -2.25. The third-order valence-corrected chi connectivity index (χ3v) is 4.33. The summed E-state index contributed by atoms with van der Waals surface area (Å²) in [7, 11) is 0. The molecule has 0 aliphatic heterocycles. The maximum Gasteiger partial charge on any atom is 0.228 e. The molecule has 0 bridgehead atoms. The molecule has 1 aromatic heterocycles. The average molecular weight is 333 g/mol. The molecule has 2 atom stereocenters. The van der Waals surface area contributed by atoms with Gasteiger partial charge in [-0.1, -0.05) is 18.0 Å². The summed E-state index contributed by atoms with van der Waals surface area (Å²) >= 11 is 9.14. The smallest absolute Gasteiger partial charge is 0.228 e. The fourth-order valence-electron chi connectivity index (χ4n) is 2.18. The minimum absolute atomic E-state index is 0.00753. The second kappa shape index (κ2) is 5.99. The van der Waals surface area contributed by atoms with E-state index in [0.717, 1.165) is 30.2 Å². The minimum atomic E-state index is -0.00926. The Labute approximate surface area is 119 Å². The van der Waals surface area contributed by atoms with Crippen LogP contribution in [-0.4, -0.2) is 16.9 Å². The summed E-state index contributed by atoms with van der Waals surface area (Å²) in [6, 6.07) is 1.84. The standard InChI is InChI=1S/C12H15BrClN3O/c13-9-5-11(16-6-10(9)14)17-12(18)7-2-1-3-8(15)4-7/h5-8H,1-4,15H2,(H,16,17,18)/t7-,8+/m0/s1. The van der Waals surface area contributed by atoms with Gasteiger partial charge in [0.15, 0.2) is 0 Å². The van der Waals surface area contributed by atoms with Crippen molar-refractivity contribution in [2.75, 3.05) is 5.32 Å². The molecule has 4 nitrogen and oxygen atoms in total. The predicted molar refractivity (Wildman–Crippen MR) is 75.5 cm³/mol. The summed E-state index contributed by atoms with van der Waals surface area (Å²) < 4.78 is 0.717. The highest BCUT2D eigenvalue weighted by Crippen LogP contribution is 2.26. The first kappa shape index (κ1) is 13.8. The predicted octanol–water partition coefficient (Wildman–Crippen LogP) is 2.95. The third-order valence-electron chi connectivity index (χ3n) is 3.15. The maximum absolute atomic E-state index is 12.1. The molecule has 0 spiro atoms. The van der Waals surface area contributed by atoms with E-state index >= 15 is 0 Å². The molecule has 1 heterocycles. The number of hydrogen-bond donors (Lipinski definition) is 2. The van der Waals surface area contributed by atoms with Crippen molar-refractivity contribution in [3.63, 3.8) is 0 Å². The Morgan fingerprint density at radius 2 is 2.33 bits per heavy atom. The number of halogens is 2. The average Bonchev–Trinajstić information content (AvgIpc) is 2.34. The molecular weight excluding hydrogens is 318 g/mol. The number of nitrogens with two attached hydrogens (primary N) is 1. The van der Waals surface area contributed by atoms with Crippen molar-refractivity contribution in [2.45, 2.75) is 31.7 Å². The molecule has 98 valence electrons. The highest BCUT2D eigenvalue weighted by atomic mass is 79.9. The SMILES string of the molecule is N[C@@H]1CCC[C@H](C(=O)Nc2cc(Br)c(Cl)cn2)C1. The van der Waals surface area contributed by atoms with Crippen LogP contribution in [0, 0.1) is 5.92 Å². The van der Waals surface area contributed by atoms with Gasteiger partial charge in [-0.15, -0.1) is 0 Å². The van der Waals surface area contributed by atoms with Crippen molar-refractivity contribution in [2.24, 2.45) is 11.7 Å². The van der Waals surface area contributed by atoms with E-state index in [2.05, 4.69) is 26.2 Å². The van der Waals surface area contributed by atoms with Gasteiger partial charge < -0.3 is 11.1 Å². The van der Waals surface area contributed by atoms with E-state index in [1.807, 2.05) is 0 Å². The van der Waals surface area contributed by atoms with E-state index in [1.165, 1.54) is 6.20 Å². The van der Waals surface area contributed by atoms with E-state index in [0.29, 0.717) is 10.8 Å². The number of rotatable bonds is 2. The van der Waals surface area contributed by atoms with E-state index in [4.69, 9.17) is 17.3 Å². The molecule has 1 aromatic rings. The first-order chi connectivity index (χ1) is 8.56. The molecule has 2 rings (SSSR count). The Morgan fingerprint density at radius 3 is 3.00 bits per heavy atom. The van der Waals surface area contributed by atoms with Crippen LogP contribution in [0.15, 0.2) is 16.7 Å². The lowest BCUT2D eigenvalue weighted by molar-refractivity contribution is -0.120. The number of aromatic nitrogens is 1. The molecule has 1 saturated carbocycles. The largest absolute Gasteiger partial charge is 0.328 e. The Balaban J connectivity index is 2.00. The fourth-order valence-corrected chi connectivity index (χ4v) is 2.60. The van der Waals surface area contributed by atoms with Gasteiger partial charge in [0.1, 0.15) is 5.82 Å². The van der Waals surface area contributed by atoms with Gasteiger partial charge in [0.05, 0.1) is 5.02 Å². The Kier molecular flexibility index (Phi) is 4.59. The van der Waals surface area contributed by atoms with Crippen molar-refractivity contribution in [1.82, 2.24) is 4.98 Å². The second-order valence-electron chi connectivity index (χ2n) is 4.60. The molecule has 1 aliphatic rings. The van der Waals surface area contributed by atoms with Gasteiger partial charge in [-0.3, -0.25) is 4.79 Å². The Bertz CT molecular complexity index is 455. The van der Waals surface area contributed by atoms with Crippen LogP contribution in [0.3, 0.4) is 0 Å². The van der Waals surface area contributed by atoms with Gasteiger partial charge in [0, 0.05) is 22.6 Å². The molecular formula is C12H15BrClN3O. The normalized spacial score (nSPS) is 23.7. The monoisotopic (exact) mass is 331 g/mol. The molecule has 0 aromatic carbocycles. The number of nitrogens with zero attached hydrogens (tertiary/aromatic N) is 1. The number of amides is 1. The fraction of sp³-hybridized carbons (Fsp3) is 0.500. The number of hydrogen-bond acceptors (Lipinski definition) is 3. The van der Waals surface area contributed by atoms with E-state index in [9.17, 15) is 4.79 Å². The molecule has 18 heavy (non-hydrogen) atoms. The van der Waals surface area contributed by atoms with E-state index in [-0.39, 0.29) is 17.9 Å². The first-order valence-corrected chi connectivity index (χ1v) is 7.11. The van der Waals surface area contributed by atoms with Crippen LogP contribution in [0.4, 0.5) is 5.82 Å². The zero-order chi connectivity index (χ0) is 13.1. The number of pyridine rings is 1. The number of anilines is 1. The number of carbonyl (C=O) groups is 1. The highest BCUT2D eigenvalue weighted by molar-refractivity contribution is 9.10. The lowest BCUT2D eigenvalue weighted by atomic mass is 9.85. The summed E-state index contributed by atoms with van der Waals surface area (Å²) in [5.74, 6) is 0.493. The van der Waals surface area contributed by atoms with Crippen LogP contribution in [0.25, 0.3) is 0 Å². The second-order valence-corrected chi connectivity index (χ2v) is 5.86. The molecule has 1 amide bonds. The molecule has 0 radical (unpaired) electrons. The lowest BCUT2D eigenvalue weighted by Crippen LogP contribution is -2.34. The number of nitrogens with one attached hydrogen (secondary N) is 1. The van der Waals surface area contributed by atoms with Crippen LogP contribution >= 0.6 is 27.5 Å². The van der Waals surface area contributed by atoms with Gasteiger partial charge in [-0.05, 0) is 41.3 Å². The van der Waals surface area contributed by atoms with Gasteiger partial charge in [0.2, 0.25) is 5.91 Å². The third kappa shape index (κ3) is 3.43. The van der Waals surface area contributed by atoms with Gasteiger partial charge in [-0.25, -0.2) is 4.98 Å². The van der Waals surface area contributed by atoms with E-state index < -0.39 is 0 Å². The molecule has 6 heteroatoms. The molecule has 0 saturated heterocycles. The van der Waals surface area contributed by atoms with Crippen molar-refractivity contribution in [3.05, 3.63) is 21.8 Å². The van der Waals surface area contributed by atoms with E-state index in [1.54, 1.807) is 6.07 Å². The van der Waals surface area contributed by atoms with Crippen molar-refractivity contribution in [1.29, 1.82) is 0 Å². The van der Waals surface area contributed by atoms with Gasteiger partial charge in [-0.2, -0.15) is 0 Å². The minimum Gasteiger partial charge on any atom is -0.328 e.